The molecule has 2 N–H and O–H groups in total. The van der Waals surface area contributed by atoms with Gasteiger partial charge < -0.3 is 20.3 Å². The molecule has 1 aliphatic carbocycles. The van der Waals surface area contributed by atoms with Gasteiger partial charge in [-0.2, -0.15) is 4.98 Å². The summed E-state index contributed by atoms with van der Waals surface area (Å²) in [4.78, 5) is 45.3. The Bertz CT molecular complexity index is 1620. The molecule has 1 unspecified atom stereocenters. The summed E-state index contributed by atoms with van der Waals surface area (Å²) >= 11 is 7.51. The number of thiophene rings is 1. The number of benzene rings is 1. The monoisotopic (exact) mass is 535 g/mol. The molecule has 1 spiro atoms. The van der Waals surface area contributed by atoms with Crippen molar-refractivity contribution in [3.05, 3.63) is 40.3 Å². The van der Waals surface area contributed by atoms with Crippen LogP contribution in [0.5, 0.6) is 11.8 Å². The predicted octanol–water partition coefficient (Wildman–Crippen LogP) is 4.14. The number of hydrogen-bond acceptors (Lipinski definition) is 9. The summed E-state index contributed by atoms with van der Waals surface area (Å²) in [5, 5.41) is 7.60. The number of nitrogens with zero attached hydrogens (tertiary/aromatic N) is 5. The summed E-state index contributed by atoms with van der Waals surface area (Å²) in [7, 11) is 0. The number of fused-ring (bicyclic) bond motifs is 5. The zero-order valence-corrected chi connectivity index (χ0v) is 21.4. The number of nitrogens with one attached hydrogen (secondary N) is 2. The Kier molecular flexibility index (Phi) is 5.02. The van der Waals surface area contributed by atoms with E-state index in [4.69, 9.17) is 16.3 Å². The summed E-state index contributed by atoms with van der Waals surface area (Å²) in [6.07, 6.45) is 5.61. The van der Waals surface area contributed by atoms with Crippen LogP contribution < -0.4 is 15.4 Å². The molecule has 7 rings (SSSR count). The van der Waals surface area contributed by atoms with E-state index in [1.54, 1.807) is 11.1 Å². The Hall–Kier alpha value is -3.57. The molecule has 0 bridgehead atoms. The maximum atomic E-state index is 12.9. The normalized spacial score (nSPS) is 20.2. The predicted molar refractivity (Wildman–Crippen MR) is 139 cm³/mol. The largest absolute Gasteiger partial charge is 0.418 e. The third-order valence-corrected chi connectivity index (χ3v) is 8.49. The molecule has 12 heteroatoms. The lowest BCUT2D eigenvalue weighted by atomic mass is 10.1. The molecule has 5 heterocycles. The number of amides is 2. The molecule has 1 atom stereocenters. The fraction of sp³-hybridized carbons (Fsp3) is 0.360. The van der Waals surface area contributed by atoms with Crippen molar-refractivity contribution in [1.82, 2.24) is 30.2 Å². The van der Waals surface area contributed by atoms with Gasteiger partial charge in [-0.25, -0.2) is 15.0 Å². The molecule has 2 aliphatic heterocycles. The van der Waals surface area contributed by atoms with Gasteiger partial charge in [0.25, 0.3) is 5.91 Å². The van der Waals surface area contributed by atoms with Gasteiger partial charge in [-0.3, -0.25) is 9.59 Å². The van der Waals surface area contributed by atoms with E-state index in [2.05, 4.69) is 30.6 Å². The van der Waals surface area contributed by atoms with Crippen LogP contribution in [-0.4, -0.2) is 55.3 Å². The molecular formula is C25H22ClN7O3S. The van der Waals surface area contributed by atoms with Gasteiger partial charge in [0.1, 0.15) is 4.88 Å². The summed E-state index contributed by atoms with van der Waals surface area (Å²) in [6.45, 7) is 3.74. The van der Waals surface area contributed by atoms with Crippen LogP contribution in [0, 0.1) is 5.92 Å². The van der Waals surface area contributed by atoms with Gasteiger partial charge >= 0.3 is 0 Å². The van der Waals surface area contributed by atoms with Crippen LogP contribution >= 0.6 is 22.9 Å². The maximum Gasteiger partial charge on any atom is 0.264 e. The minimum atomic E-state index is -0.131. The van der Waals surface area contributed by atoms with Crippen LogP contribution in [0.3, 0.4) is 0 Å². The highest BCUT2D eigenvalue weighted by Gasteiger charge is 2.46. The molecule has 37 heavy (non-hydrogen) atoms. The van der Waals surface area contributed by atoms with Crippen molar-refractivity contribution in [2.45, 2.75) is 38.3 Å². The number of anilines is 1. The van der Waals surface area contributed by atoms with Crippen molar-refractivity contribution in [3.8, 4) is 11.8 Å². The van der Waals surface area contributed by atoms with Crippen LogP contribution in [0.4, 0.5) is 5.69 Å². The molecule has 3 aromatic heterocycles. The van der Waals surface area contributed by atoms with Crippen LogP contribution in [0.1, 0.15) is 41.4 Å². The molecule has 4 aromatic rings. The summed E-state index contributed by atoms with van der Waals surface area (Å²) < 4.78 is 6.99. The summed E-state index contributed by atoms with van der Waals surface area (Å²) in [5.74, 6) is 0.829. The fourth-order valence-electron chi connectivity index (χ4n) is 5.08. The number of halogens is 1. The van der Waals surface area contributed by atoms with Gasteiger partial charge in [0.05, 0.1) is 40.6 Å². The van der Waals surface area contributed by atoms with E-state index in [-0.39, 0.29) is 34.4 Å². The third kappa shape index (κ3) is 3.93. The smallest absolute Gasteiger partial charge is 0.264 e. The number of ether oxygens (including phenoxy) is 1. The second-order valence-electron chi connectivity index (χ2n) is 10.1. The number of carbonyl (C=O) groups is 2. The Morgan fingerprint density at radius 3 is 2.86 bits per heavy atom. The molecule has 3 aliphatic rings. The second kappa shape index (κ2) is 8.22. The Balaban J connectivity index is 1.23. The van der Waals surface area contributed by atoms with Gasteiger partial charge in [-0.15, -0.1) is 11.3 Å². The van der Waals surface area contributed by atoms with Crippen molar-refractivity contribution in [3.63, 3.8) is 0 Å². The van der Waals surface area contributed by atoms with Crippen molar-refractivity contribution >= 4 is 61.6 Å². The molecule has 2 amide bonds. The van der Waals surface area contributed by atoms with E-state index >= 15 is 0 Å². The van der Waals surface area contributed by atoms with E-state index in [9.17, 15) is 9.59 Å². The fourth-order valence-corrected chi connectivity index (χ4v) is 6.28. The molecule has 2 fully saturated rings. The van der Waals surface area contributed by atoms with Crippen molar-refractivity contribution in [2.75, 3.05) is 18.4 Å². The standard InChI is InChI=1S/C25H22ClN7O3S/c1-12-6-17(34)33(9-12)10-13-7-28-24(26)31-23(13)36-16-8-27-19-14(30-16)2-3-15-18(19)20-21(37-15)22(35)32-25(4-5-25)11-29-20/h2-3,7-8,12,29H,4-6,9-11H2,1H3,(H,32,35). The quantitative estimate of drug-likeness (QED) is 0.374. The zero-order valence-electron chi connectivity index (χ0n) is 19.9. The first-order valence-electron chi connectivity index (χ1n) is 12.1. The lowest BCUT2D eigenvalue weighted by Crippen LogP contribution is -2.39. The minimum absolute atomic E-state index is 0.0362. The highest BCUT2D eigenvalue weighted by atomic mass is 35.5. The topological polar surface area (TPSA) is 122 Å². The third-order valence-electron chi connectivity index (χ3n) is 7.15. The number of likely N-dealkylation sites (tertiary alicyclic amines) is 1. The molecule has 0 radical (unpaired) electrons. The highest BCUT2D eigenvalue weighted by Crippen LogP contribution is 2.44. The number of rotatable bonds is 4. The Morgan fingerprint density at radius 2 is 2.08 bits per heavy atom. The summed E-state index contributed by atoms with van der Waals surface area (Å²) in [5.41, 5.74) is 2.63. The van der Waals surface area contributed by atoms with Gasteiger partial charge in [-0.1, -0.05) is 6.92 Å². The molecule has 1 saturated carbocycles. The van der Waals surface area contributed by atoms with Gasteiger partial charge in [-0.05, 0) is 42.5 Å². The molecule has 1 saturated heterocycles. The van der Waals surface area contributed by atoms with Gasteiger partial charge in [0, 0.05) is 35.8 Å². The molecule has 10 nitrogen and oxygen atoms in total. The number of carbonyl (C=O) groups excluding carboxylic acids is 2. The van der Waals surface area contributed by atoms with E-state index in [0.29, 0.717) is 53.4 Å². The van der Waals surface area contributed by atoms with E-state index in [0.717, 1.165) is 28.6 Å². The Morgan fingerprint density at radius 1 is 1.22 bits per heavy atom. The SMILES string of the molecule is CC1CC(=O)N(Cc2cnc(Cl)nc2Oc2cnc3c(ccc4sc5c(c43)NCC3(CC3)NC5=O)n2)C1. The molecule has 1 aromatic carbocycles. The molecule has 188 valence electrons. The average Bonchev–Trinajstić information content (AvgIpc) is 3.44. The van der Waals surface area contributed by atoms with Gasteiger partial charge in [0.2, 0.25) is 23.0 Å². The van der Waals surface area contributed by atoms with Crippen LogP contribution in [0.15, 0.2) is 24.5 Å². The maximum absolute atomic E-state index is 12.9. The highest BCUT2D eigenvalue weighted by molar-refractivity contribution is 7.21. The first kappa shape index (κ1) is 22.6. The van der Waals surface area contributed by atoms with Gasteiger partial charge in [0.15, 0.2) is 0 Å². The number of hydrogen-bond donors (Lipinski definition) is 2. The second-order valence-corrected chi connectivity index (χ2v) is 11.5. The average molecular weight is 536 g/mol. The van der Waals surface area contributed by atoms with Crippen molar-refractivity contribution < 1.29 is 14.3 Å². The van der Waals surface area contributed by atoms with E-state index < -0.39 is 0 Å². The summed E-state index contributed by atoms with van der Waals surface area (Å²) in [6, 6.07) is 3.82. The van der Waals surface area contributed by atoms with Crippen LogP contribution in [0.2, 0.25) is 5.28 Å². The minimum Gasteiger partial charge on any atom is -0.418 e. The van der Waals surface area contributed by atoms with Crippen LogP contribution in [-0.2, 0) is 11.3 Å². The van der Waals surface area contributed by atoms with Crippen LogP contribution in [0.25, 0.3) is 21.1 Å². The zero-order chi connectivity index (χ0) is 25.3. The van der Waals surface area contributed by atoms with E-state index in [1.165, 1.54) is 17.5 Å². The Labute approximate surface area is 220 Å². The van der Waals surface area contributed by atoms with E-state index in [1.807, 2.05) is 19.1 Å². The lowest BCUT2D eigenvalue weighted by molar-refractivity contribution is -0.128. The first-order valence-corrected chi connectivity index (χ1v) is 13.3. The van der Waals surface area contributed by atoms with Crippen molar-refractivity contribution in [1.29, 1.82) is 0 Å². The first-order chi connectivity index (χ1) is 17.9. The number of aromatic nitrogens is 4. The molecular weight excluding hydrogens is 514 g/mol. The lowest BCUT2D eigenvalue weighted by Gasteiger charge is -2.17. The van der Waals surface area contributed by atoms with Crippen molar-refractivity contribution in [2.24, 2.45) is 5.92 Å².